The quantitative estimate of drug-likeness (QED) is 0.878. The van der Waals surface area contributed by atoms with Gasteiger partial charge in [-0.3, -0.25) is 0 Å². The molecule has 0 bridgehead atoms. The molecule has 0 radical (unpaired) electrons. The fraction of sp³-hybridized carbons (Fsp3) is 0.294. The number of aliphatic hydroxyl groups excluding tert-OH is 1. The van der Waals surface area contributed by atoms with Crippen LogP contribution in [0.3, 0.4) is 0 Å². The largest absolute Gasteiger partial charge is 0.497 e. The summed E-state index contributed by atoms with van der Waals surface area (Å²) in [6.45, 7) is 0.747. The van der Waals surface area contributed by atoms with E-state index < -0.39 is 6.10 Å². The summed E-state index contributed by atoms with van der Waals surface area (Å²) in [7, 11) is 3.66. The molecule has 1 unspecified atom stereocenters. The fourth-order valence-electron chi connectivity index (χ4n) is 2.14. The zero-order valence-corrected chi connectivity index (χ0v) is 13.0. The molecule has 0 saturated heterocycles. The van der Waals surface area contributed by atoms with Crippen molar-refractivity contribution in [1.82, 2.24) is 0 Å². The van der Waals surface area contributed by atoms with Crippen LogP contribution in [0.25, 0.3) is 0 Å². The number of rotatable bonds is 6. The van der Waals surface area contributed by atoms with Gasteiger partial charge >= 0.3 is 0 Å². The van der Waals surface area contributed by atoms with Crippen LogP contribution in [0.2, 0.25) is 5.02 Å². The SMILES string of the molecule is COc1cccc(N(C)CCC(O)c2ccc(Cl)cc2)c1. The van der Waals surface area contributed by atoms with Crippen LogP contribution in [0.15, 0.2) is 48.5 Å². The van der Waals surface area contributed by atoms with E-state index in [2.05, 4.69) is 4.90 Å². The van der Waals surface area contributed by atoms with Crippen LogP contribution in [0.1, 0.15) is 18.1 Å². The van der Waals surface area contributed by atoms with Crippen molar-refractivity contribution in [3.63, 3.8) is 0 Å². The van der Waals surface area contributed by atoms with Crippen molar-refractivity contribution in [2.45, 2.75) is 12.5 Å². The second-order valence-corrected chi connectivity index (χ2v) is 5.42. The molecule has 4 heteroatoms. The minimum atomic E-state index is -0.490. The smallest absolute Gasteiger partial charge is 0.120 e. The first-order valence-corrected chi connectivity index (χ1v) is 7.26. The van der Waals surface area contributed by atoms with E-state index in [1.54, 1.807) is 19.2 Å². The van der Waals surface area contributed by atoms with Crippen LogP contribution < -0.4 is 9.64 Å². The second-order valence-electron chi connectivity index (χ2n) is 4.98. The number of hydrogen-bond acceptors (Lipinski definition) is 3. The van der Waals surface area contributed by atoms with Crippen LogP contribution in [0.4, 0.5) is 5.69 Å². The highest BCUT2D eigenvalue weighted by atomic mass is 35.5. The van der Waals surface area contributed by atoms with E-state index in [1.807, 2.05) is 43.4 Å². The minimum Gasteiger partial charge on any atom is -0.497 e. The molecule has 1 N–H and O–H groups in total. The van der Waals surface area contributed by atoms with Crippen LogP contribution >= 0.6 is 11.6 Å². The number of aliphatic hydroxyl groups is 1. The summed E-state index contributed by atoms with van der Waals surface area (Å²) >= 11 is 5.85. The molecule has 0 spiro atoms. The Morgan fingerprint density at radius 2 is 1.90 bits per heavy atom. The number of benzene rings is 2. The highest BCUT2D eigenvalue weighted by molar-refractivity contribution is 6.30. The van der Waals surface area contributed by atoms with Gasteiger partial charge in [0, 0.05) is 30.4 Å². The lowest BCUT2D eigenvalue weighted by atomic mass is 10.1. The third-order valence-corrected chi connectivity index (χ3v) is 3.74. The van der Waals surface area contributed by atoms with Crippen LogP contribution in [-0.2, 0) is 0 Å². The molecule has 3 nitrogen and oxygen atoms in total. The number of halogens is 1. The summed E-state index contributed by atoms with van der Waals surface area (Å²) in [4.78, 5) is 2.10. The monoisotopic (exact) mass is 305 g/mol. The number of nitrogens with zero attached hydrogens (tertiary/aromatic N) is 1. The lowest BCUT2D eigenvalue weighted by molar-refractivity contribution is 0.170. The standard InChI is InChI=1S/C17H20ClNO2/c1-19(15-4-3-5-16(12-15)21-2)11-10-17(20)13-6-8-14(18)9-7-13/h3-9,12,17,20H,10-11H2,1-2H3. The maximum Gasteiger partial charge on any atom is 0.120 e. The average molecular weight is 306 g/mol. The van der Waals surface area contributed by atoms with Crippen molar-refractivity contribution in [1.29, 1.82) is 0 Å². The zero-order chi connectivity index (χ0) is 15.2. The van der Waals surface area contributed by atoms with E-state index in [0.29, 0.717) is 11.4 Å². The van der Waals surface area contributed by atoms with Crippen molar-refractivity contribution < 1.29 is 9.84 Å². The lowest BCUT2D eigenvalue weighted by Crippen LogP contribution is -2.20. The molecule has 0 saturated carbocycles. The summed E-state index contributed by atoms with van der Waals surface area (Å²) in [5.41, 5.74) is 1.95. The van der Waals surface area contributed by atoms with Crippen molar-refractivity contribution in [2.24, 2.45) is 0 Å². The maximum atomic E-state index is 10.2. The Bertz CT molecular complexity index is 571. The molecule has 112 valence electrons. The molecule has 21 heavy (non-hydrogen) atoms. The van der Waals surface area contributed by atoms with Gasteiger partial charge in [0.25, 0.3) is 0 Å². The van der Waals surface area contributed by atoms with Gasteiger partial charge < -0.3 is 14.7 Å². The molecule has 0 fully saturated rings. The first kappa shape index (κ1) is 15.7. The normalized spacial score (nSPS) is 12.0. The molecular weight excluding hydrogens is 286 g/mol. The van der Waals surface area contributed by atoms with Crippen LogP contribution in [-0.4, -0.2) is 25.8 Å². The minimum absolute atomic E-state index is 0.490. The number of anilines is 1. The number of methoxy groups -OCH3 is 1. The molecule has 2 aromatic carbocycles. The third kappa shape index (κ3) is 4.38. The van der Waals surface area contributed by atoms with E-state index >= 15 is 0 Å². The average Bonchev–Trinajstić information content (AvgIpc) is 2.53. The third-order valence-electron chi connectivity index (χ3n) is 3.49. The van der Waals surface area contributed by atoms with Gasteiger partial charge in [0.2, 0.25) is 0 Å². The zero-order valence-electron chi connectivity index (χ0n) is 12.3. The van der Waals surface area contributed by atoms with E-state index in [-0.39, 0.29) is 0 Å². The van der Waals surface area contributed by atoms with Crippen molar-refractivity contribution in [3.8, 4) is 5.75 Å². The van der Waals surface area contributed by atoms with Gasteiger partial charge in [-0.15, -0.1) is 0 Å². The van der Waals surface area contributed by atoms with Gasteiger partial charge in [-0.25, -0.2) is 0 Å². The Labute approximate surface area is 130 Å². The summed E-state index contributed by atoms with van der Waals surface area (Å²) in [6, 6.07) is 15.2. The van der Waals surface area contributed by atoms with Gasteiger partial charge in [0.05, 0.1) is 13.2 Å². The summed E-state index contributed by atoms with van der Waals surface area (Å²) < 4.78 is 5.22. The highest BCUT2D eigenvalue weighted by Crippen LogP contribution is 2.23. The maximum absolute atomic E-state index is 10.2. The summed E-state index contributed by atoms with van der Waals surface area (Å²) in [5.74, 6) is 0.831. The van der Waals surface area contributed by atoms with Crippen molar-refractivity contribution in [2.75, 3.05) is 25.6 Å². The molecule has 0 aromatic heterocycles. The highest BCUT2D eigenvalue weighted by Gasteiger charge is 2.10. The molecular formula is C17H20ClNO2. The number of ether oxygens (including phenoxy) is 1. The van der Waals surface area contributed by atoms with E-state index in [9.17, 15) is 5.11 Å². The molecule has 2 rings (SSSR count). The van der Waals surface area contributed by atoms with Gasteiger partial charge in [0.1, 0.15) is 5.75 Å². The summed E-state index contributed by atoms with van der Waals surface area (Å²) in [5, 5.41) is 10.9. The van der Waals surface area contributed by atoms with Crippen LogP contribution in [0, 0.1) is 0 Å². The van der Waals surface area contributed by atoms with Crippen LogP contribution in [0.5, 0.6) is 5.75 Å². The second kappa shape index (κ2) is 7.34. The van der Waals surface area contributed by atoms with Gasteiger partial charge in [0.15, 0.2) is 0 Å². The predicted molar refractivity (Wildman–Crippen MR) is 87.3 cm³/mol. The molecule has 0 aliphatic rings. The Balaban J connectivity index is 1.93. The Hall–Kier alpha value is -1.71. The molecule has 0 heterocycles. The van der Waals surface area contributed by atoms with Gasteiger partial charge in [-0.2, -0.15) is 0 Å². The van der Waals surface area contributed by atoms with Gasteiger partial charge in [-0.05, 0) is 36.2 Å². The lowest BCUT2D eigenvalue weighted by Gasteiger charge is -2.21. The molecule has 0 aliphatic carbocycles. The van der Waals surface area contributed by atoms with E-state index in [4.69, 9.17) is 16.3 Å². The number of hydrogen-bond donors (Lipinski definition) is 1. The molecule has 0 aliphatic heterocycles. The molecule has 2 aromatic rings. The Morgan fingerprint density at radius 3 is 2.57 bits per heavy atom. The fourth-order valence-corrected chi connectivity index (χ4v) is 2.27. The Kier molecular flexibility index (Phi) is 5.48. The van der Waals surface area contributed by atoms with E-state index in [1.165, 1.54) is 0 Å². The topological polar surface area (TPSA) is 32.7 Å². The summed E-state index contributed by atoms with van der Waals surface area (Å²) in [6.07, 6.45) is 0.158. The van der Waals surface area contributed by atoms with Crippen molar-refractivity contribution in [3.05, 3.63) is 59.1 Å². The predicted octanol–water partition coefficient (Wildman–Crippen LogP) is 3.91. The van der Waals surface area contributed by atoms with Gasteiger partial charge in [-0.1, -0.05) is 29.8 Å². The first-order valence-electron chi connectivity index (χ1n) is 6.89. The van der Waals surface area contributed by atoms with Crippen molar-refractivity contribution >= 4 is 17.3 Å². The Morgan fingerprint density at radius 1 is 1.19 bits per heavy atom. The molecule has 0 amide bonds. The van der Waals surface area contributed by atoms with E-state index in [0.717, 1.165) is 23.5 Å². The first-order chi connectivity index (χ1) is 10.1. The molecule has 1 atom stereocenters.